The lowest BCUT2D eigenvalue weighted by Gasteiger charge is -2.27. The third-order valence-electron chi connectivity index (χ3n) is 7.19. The van der Waals surface area contributed by atoms with Gasteiger partial charge in [0.1, 0.15) is 17.9 Å². The third-order valence-corrected chi connectivity index (χ3v) is 7.19. The van der Waals surface area contributed by atoms with Crippen molar-refractivity contribution in [2.45, 2.75) is 120 Å². The Hall–Kier alpha value is -1.25. The maximum absolute atomic E-state index is 11.4. The summed E-state index contributed by atoms with van der Waals surface area (Å²) < 4.78 is 0. The predicted molar refractivity (Wildman–Crippen MR) is 141 cm³/mol. The van der Waals surface area contributed by atoms with Gasteiger partial charge < -0.3 is 4.79 Å². The van der Waals surface area contributed by atoms with E-state index in [1.165, 1.54) is 18.4 Å². The first-order valence-electron chi connectivity index (χ1n) is 13.5. The van der Waals surface area contributed by atoms with E-state index in [4.69, 9.17) is 0 Å². The highest BCUT2D eigenvalue weighted by atomic mass is 16.1. The number of allylic oxidation sites excluding steroid dienone is 2. The van der Waals surface area contributed by atoms with Crippen LogP contribution in [0.15, 0.2) is 11.6 Å². The van der Waals surface area contributed by atoms with E-state index in [0.717, 1.165) is 44.8 Å². The minimum Gasteiger partial charge on any atom is -0.303 e. The van der Waals surface area contributed by atoms with Gasteiger partial charge in [-0.3, -0.25) is 9.59 Å². The van der Waals surface area contributed by atoms with Crippen molar-refractivity contribution in [1.29, 1.82) is 0 Å². The van der Waals surface area contributed by atoms with Crippen molar-refractivity contribution in [2.24, 2.45) is 41.4 Å². The smallest absolute Gasteiger partial charge is 0.136 e. The van der Waals surface area contributed by atoms with Crippen molar-refractivity contribution in [3.63, 3.8) is 0 Å². The Balaban J connectivity index is 0.000000465. The summed E-state index contributed by atoms with van der Waals surface area (Å²) in [5.41, 5.74) is 1.36. The van der Waals surface area contributed by atoms with Crippen LogP contribution in [0.5, 0.6) is 0 Å². The minimum absolute atomic E-state index is 0.367. The molecule has 0 bridgehead atoms. The third kappa shape index (κ3) is 14.6. The zero-order valence-corrected chi connectivity index (χ0v) is 23.3. The highest BCUT2D eigenvalue weighted by molar-refractivity contribution is 5.82. The Labute approximate surface area is 205 Å². The topological polar surface area (TPSA) is 51.2 Å². The maximum atomic E-state index is 11.4. The first-order chi connectivity index (χ1) is 15.4. The Bertz CT molecular complexity index is 562. The van der Waals surface area contributed by atoms with Crippen LogP contribution in [-0.4, -0.2) is 17.9 Å². The summed E-state index contributed by atoms with van der Waals surface area (Å²) in [7, 11) is 0. The first-order valence-corrected chi connectivity index (χ1v) is 13.5. The van der Waals surface area contributed by atoms with Gasteiger partial charge in [0.15, 0.2) is 0 Å². The van der Waals surface area contributed by atoms with Crippen molar-refractivity contribution in [3.8, 4) is 0 Å². The molecule has 0 heterocycles. The van der Waals surface area contributed by atoms with Crippen molar-refractivity contribution in [1.82, 2.24) is 0 Å². The van der Waals surface area contributed by atoms with E-state index in [1.807, 2.05) is 0 Å². The SMILES string of the molecule is CC(C)=CCCC(C)CC=O.CC(C)[C@@H]1CC[C@@H](C)CC1=O.CC(C)[C@H]1CC[C@@H](C)CC1=O. The molecule has 33 heavy (non-hydrogen) atoms. The van der Waals surface area contributed by atoms with Crippen LogP contribution in [0.4, 0.5) is 0 Å². The summed E-state index contributed by atoms with van der Waals surface area (Å²) in [4.78, 5) is 33.0. The van der Waals surface area contributed by atoms with Crippen molar-refractivity contribution < 1.29 is 14.4 Å². The van der Waals surface area contributed by atoms with Crippen molar-refractivity contribution >= 4 is 17.9 Å². The molecule has 0 saturated heterocycles. The van der Waals surface area contributed by atoms with E-state index < -0.39 is 0 Å². The quantitative estimate of drug-likeness (QED) is 0.282. The van der Waals surface area contributed by atoms with E-state index in [1.54, 1.807) is 0 Å². The molecule has 2 aliphatic rings. The molecule has 192 valence electrons. The summed E-state index contributed by atoms with van der Waals surface area (Å²) in [6, 6.07) is 0. The minimum atomic E-state index is 0.367. The van der Waals surface area contributed by atoms with Crippen molar-refractivity contribution in [3.05, 3.63) is 11.6 Å². The molecule has 0 aliphatic heterocycles. The van der Waals surface area contributed by atoms with Gasteiger partial charge in [0.05, 0.1) is 0 Å². The molecule has 5 atom stereocenters. The van der Waals surface area contributed by atoms with Gasteiger partial charge in [-0.05, 0) is 82.0 Å². The van der Waals surface area contributed by atoms with Gasteiger partial charge >= 0.3 is 0 Å². The molecule has 0 amide bonds. The lowest BCUT2D eigenvalue weighted by Crippen LogP contribution is -2.27. The molecule has 0 aromatic carbocycles. The Morgan fingerprint density at radius 3 is 1.55 bits per heavy atom. The van der Waals surface area contributed by atoms with E-state index in [-0.39, 0.29) is 0 Å². The molecule has 0 radical (unpaired) electrons. The largest absolute Gasteiger partial charge is 0.303 e. The number of carbonyl (C=O) groups is 3. The zero-order valence-electron chi connectivity index (χ0n) is 23.3. The standard InChI is InChI=1S/3C10H18O/c2*1-7(2)9-5-4-8(3)6-10(9)11;1-9(2)5-4-6-10(3)7-8-11/h2*7-9H,4-6H2,1-3H3;5,8,10H,4,6-7H2,1-3H3/t8-,9+;8-,9-;/m11./s1. The van der Waals surface area contributed by atoms with Crippen LogP contribution < -0.4 is 0 Å². The lowest BCUT2D eigenvalue weighted by atomic mass is 9.77. The monoisotopic (exact) mass is 462 g/mol. The van der Waals surface area contributed by atoms with Crippen LogP contribution in [-0.2, 0) is 14.4 Å². The van der Waals surface area contributed by atoms with Gasteiger partial charge in [0.2, 0.25) is 0 Å². The van der Waals surface area contributed by atoms with E-state index in [0.29, 0.717) is 59.4 Å². The molecule has 3 nitrogen and oxygen atoms in total. The number of Topliss-reactive ketones (excluding diaryl/α,β-unsaturated/α-hetero) is 2. The molecule has 0 aromatic rings. The summed E-state index contributed by atoms with van der Waals surface area (Å²) in [6.07, 6.45) is 12.6. The first kappa shape index (κ1) is 31.8. The van der Waals surface area contributed by atoms with Gasteiger partial charge in [0.25, 0.3) is 0 Å². The van der Waals surface area contributed by atoms with Gasteiger partial charge in [-0.15, -0.1) is 0 Å². The number of ketones is 2. The average molecular weight is 463 g/mol. The van der Waals surface area contributed by atoms with E-state index >= 15 is 0 Å². The van der Waals surface area contributed by atoms with Crippen molar-refractivity contribution in [2.75, 3.05) is 0 Å². The molecule has 1 unspecified atom stereocenters. The molecule has 2 aliphatic carbocycles. The molecule has 0 N–H and O–H groups in total. The molecule has 0 aromatic heterocycles. The summed E-state index contributed by atoms with van der Waals surface area (Å²) in [5.74, 6) is 4.65. The zero-order chi connectivity index (χ0) is 25.6. The van der Waals surface area contributed by atoms with Gasteiger partial charge in [-0.25, -0.2) is 0 Å². The Morgan fingerprint density at radius 2 is 1.24 bits per heavy atom. The Kier molecular flexibility index (Phi) is 16.6. The highest BCUT2D eigenvalue weighted by Gasteiger charge is 2.28. The van der Waals surface area contributed by atoms with E-state index in [9.17, 15) is 14.4 Å². The number of hydrogen-bond acceptors (Lipinski definition) is 3. The fourth-order valence-electron chi connectivity index (χ4n) is 4.79. The molecular formula is C30H54O3. The van der Waals surface area contributed by atoms with Crippen LogP contribution in [0.1, 0.15) is 120 Å². The van der Waals surface area contributed by atoms with Gasteiger partial charge in [-0.2, -0.15) is 0 Å². The van der Waals surface area contributed by atoms with Crippen LogP contribution >= 0.6 is 0 Å². The molecule has 0 spiro atoms. The fourth-order valence-corrected chi connectivity index (χ4v) is 4.79. The van der Waals surface area contributed by atoms with E-state index in [2.05, 4.69) is 68.4 Å². The van der Waals surface area contributed by atoms with Crippen LogP contribution in [0.2, 0.25) is 0 Å². The normalized spacial score (nSPS) is 26.0. The summed E-state index contributed by atoms with van der Waals surface area (Å²) >= 11 is 0. The highest BCUT2D eigenvalue weighted by Crippen LogP contribution is 2.30. The Morgan fingerprint density at radius 1 is 0.818 bits per heavy atom. The van der Waals surface area contributed by atoms with Gasteiger partial charge in [0, 0.05) is 31.1 Å². The van der Waals surface area contributed by atoms with Crippen LogP contribution in [0.3, 0.4) is 0 Å². The second kappa shape index (κ2) is 17.2. The number of hydrogen-bond donors (Lipinski definition) is 0. The number of carbonyl (C=O) groups excluding carboxylic acids is 3. The second-order valence-electron chi connectivity index (χ2n) is 11.8. The summed E-state index contributed by atoms with van der Waals surface area (Å²) in [5, 5.41) is 0. The number of rotatable bonds is 7. The van der Waals surface area contributed by atoms with Crippen LogP contribution in [0, 0.1) is 41.4 Å². The maximum Gasteiger partial charge on any atom is 0.136 e. The predicted octanol–water partition coefficient (Wildman–Crippen LogP) is 8.25. The lowest BCUT2D eigenvalue weighted by molar-refractivity contribution is -0.128. The summed E-state index contributed by atoms with van der Waals surface area (Å²) in [6.45, 7) is 19.3. The molecule has 2 fully saturated rings. The number of aldehydes is 1. The molecule has 2 rings (SSSR count). The molecule has 2 saturated carbocycles. The molecule has 3 heteroatoms. The van der Waals surface area contributed by atoms with Crippen LogP contribution in [0.25, 0.3) is 0 Å². The second-order valence-corrected chi connectivity index (χ2v) is 11.8. The van der Waals surface area contributed by atoms with Gasteiger partial charge in [-0.1, -0.05) is 60.1 Å². The average Bonchev–Trinajstić information content (AvgIpc) is 2.68. The molecular weight excluding hydrogens is 408 g/mol. The fraction of sp³-hybridized carbons (Fsp3) is 0.833.